The van der Waals surface area contributed by atoms with Crippen LogP contribution in [0.2, 0.25) is 0 Å². The Morgan fingerprint density at radius 2 is 1.09 bits per heavy atom. The van der Waals surface area contributed by atoms with Gasteiger partial charge in [-0.15, -0.1) is 0 Å². The second-order valence-corrected chi connectivity index (χ2v) is 16.3. The highest BCUT2D eigenvalue weighted by atomic mass is 16.7. The molecule has 13 nitrogen and oxygen atoms in total. The summed E-state index contributed by atoms with van der Waals surface area (Å²) in [4.78, 5) is 68.7. The molecular weight excluding hydrogens is 857 g/mol. The minimum Gasteiger partial charge on any atom is -0.490 e. The molecule has 0 spiro atoms. The summed E-state index contributed by atoms with van der Waals surface area (Å²) < 4.78 is 43.1. The van der Waals surface area contributed by atoms with E-state index in [9.17, 15) is 29.1 Å². The van der Waals surface area contributed by atoms with Crippen LogP contribution >= 0.6 is 0 Å². The predicted molar refractivity (Wildman–Crippen MR) is 242 cm³/mol. The van der Waals surface area contributed by atoms with Crippen molar-refractivity contribution in [3.05, 3.63) is 208 Å². The van der Waals surface area contributed by atoms with E-state index >= 15 is 0 Å². The number of hydrogen-bond acceptors (Lipinski definition) is 13. The van der Waals surface area contributed by atoms with Gasteiger partial charge in [-0.2, -0.15) is 0 Å². The molecule has 6 aromatic rings. The molecule has 2 aliphatic rings. The highest BCUT2D eigenvalue weighted by molar-refractivity contribution is 5.92. The van der Waals surface area contributed by atoms with Crippen LogP contribution in [0.25, 0.3) is 0 Å². The van der Waals surface area contributed by atoms with Gasteiger partial charge in [-0.3, -0.25) is 4.79 Å². The summed E-state index contributed by atoms with van der Waals surface area (Å²) in [5.74, 6) is -6.21. The Hall–Kier alpha value is -7.61. The van der Waals surface area contributed by atoms with E-state index in [4.69, 9.17) is 33.2 Å². The van der Waals surface area contributed by atoms with Crippen LogP contribution in [0.1, 0.15) is 90.4 Å². The van der Waals surface area contributed by atoms with Gasteiger partial charge in [0.2, 0.25) is 11.9 Å². The normalized spacial score (nSPS) is 20.3. The van der Waals surface area contributed by atoms with Crippen molar-refractivity contribution in [3.8, 4) is 5.75 Å². The van der Waals surface area contributed by atoms with E-state index in [2.05, 4.69) is 0 Å². The van der Waals surface area contributed by atoms with Gasteiger partial charge in [0, 0.05) is 12.5 Å². The van der Waals surface area contributed by atoms with Crippen molar-refractivity contribution in [1.82, 2.24) is 0 Å². The van der Waals surface area contributed by atoms with Crippen molar-refractivity contribution in [2.45, 2.75) is 82.1 Å². The minimum absolute atomic E-state index is 0.0153. The Balaban J connectivity index is 1.31. The number of benzene rings is 6. The molecule has 2 fully saturated rings. The Bertz CT molecular complexity index is 2670. The second-order valence-electron chi connectivity index (χ2n) is 16.3. The van der Waals surface area contributed by atoms with E-state index in [-0.39, 0.29) is 46.9 Å². The Kier molecular flexibility index (Phi) is 14.2. The maximum Gasteiger partial charge on any atom is 0.338 e. The smallest absolute Gasteiger partial charge is 0.338 e. The van der Waals surface area contributed by atoms with Crippen LogP contribution < -0.4 is 4.74 Å². The first-order chi connectivity index (χ1) is 32.4. The molecule has 0 amide bonds. The molecule has 0 aromatic heterocycles. The van der Waals surface area contributed by atoms with Gasteiger partial charge in [-0.05, 0) is 110 Å². The van der Waals surface area contributed by atoms with Crippen molar-refractivity contribution in [1.29, 1.82) is 0 Å². The molecule has 1 aliphatic heterocycles. The van der Waals surface area contributed by atoms with Gasteiger partial charge in [0.15, 0.2) is 12.2 Å². The number of ether oxygens (including phenoxy) is 7. The zero-order valence-electron chi connectivity index (χ0n) is 36.7. The molecule has 6 atom stereocenters. The van der Waals surface area contributed by atoms with Gasteiger partial charge in [0.25, 0.3) is 0 Å². The Morgan fingerprint density at radius 3 is 1.60 bits per heavy atom. The molecule has 8 rings (SSSR count). The standard InChI is InChI=1S/C54H48O13/c1-34(62-50(56)38-15-7-3-8-16-38)46-47(64-51(57)39-17-9-4-10-18-39)48(65-52(58)40-19-11-5-12-20-40)49(66-53(59)41-21-13-6-14-22-41)54(60,67-46)45-32-37(33-61-35(2)55)23-26-42(45)31-36-24-27-43(28-25-36)63-44-29-30-44/h3-28,32,34,44,46-49,60H,29-31,33H2,1-2H3/t34-,46+,47+,48-,49+,54+/m0/s1. The van der Waals surface area contributed by atoms with E-state index in [1.807, 2.05) is 24.3 Å². The average molecular weight is 905 g/mol. The van der Waals surface area contributed by atoms with Crippen LogP contribution in [0.3, 0.4) is 0 Å². The van der Waals surface area contributed by atoms with Crippen molar-refractivity contribution in [2.24, 2.45) is 0 Å². The summed E-state index contributed by atoms with van der Waals surface area (Å²) in [6, 6.07) is 44.4. The summed E-state index contributed by atoms with van der Waals surface area (Å²) in [5, 5.41) is 13.7. The molecule has 67 heavy (non-hydrogen) atoms. The maximum atomic E-state index is 14.4. The monoisotopic (exact) mass is 904 g/mol. The van der Waals surface area contributed by atoms with Gasteiger partial charge >= 0.3 is 29.8 Å². The quantitative estimate of drug-likeness (QED) is 0.0727. The minimum atomic E-state index is -2.80. The fourth-order valence-electron chi connectivity index (χ4n) is 7.75. The van der Waals surface area contributed by atoms with Crippen LogP contribution in [0.5, 0.6) is 5.75 Å². The first-order valence-electron chi connectivity index (χ1n) is 21.9. The molecular formula is C54H48O13. The number of rotatable bonds is 16. The Morgan fingerprint density at radius 1 is 0.612 bits per heavy atom. The number of aliphatic hydroxyl groups is 1. The van der Waals surface area contributed by atoms with Gasteiger partial charge < -0.3 is 38.3 Å². The average Bonchev–Trinajstić information content (AvgIpc) is 4.18. The van der Waals surface area contributed by atoms with E-state index in [1.165, 1.54) is 56.3 Å². The SMILES string of the molecule is CC(=O)OCc1ccc(Cc2ccc(OC3CC3)cc2)c([C@@]2(O)O[C@H]([C@H](C)OC(=O)c3ccccc3)[C@@H](OC(=O)c3ccccc3)[C@H](OC(=O)c3ccccc3)[C@H]2OC(=O)c2ccccc2)c1. The largest absolute Gasteiger partial charge is 0.490 e. The lowest BCUT2D eigenvalue weighted by Crippen LogP contribution is -2.68. The molecule has 1 saturated heterocycles. The van der Waals surface area contributed by atoms with E-state index in [0.29, 0.717) is 16.9 Å². The molecule has 342 valence electrons. The van der Waals surface area contributed by atoms with Crippen LogP contribution in [0.15, 0.2) is 164 Å². The molecule has 1 aliphatic carbocycles. The first kappa shape index (κ1) is 45.9. The van der Waals surface area contributed by atoms with Gasteiger partial charge in [-0.1, -0.05) is 97.1 Å². The lowest BCUT2D eigenvalue weighted by Gasteiger charge is -2.50. The van der Waals surface area contributed by atoms with Crippen molar-refractivity contribution in [2.75, 3.05) is 0 Å². The summed E-state index contributed by atoms with van der Waals surface area (Å²) in [7, 11) is 0. The Labute approximate surface area is 387 Å². The van der Waals surface area contributed by atoms with Gasteiger partial charge in [0.1, 0.15) is 24.6 Å². The summed E-state index contributed by atoms with van der Waals surface area (Å²) in [5.41, 5.74) is 2.11. The number of esters is 5. The highest BCUT2D eigenvalue weighted by Crippen LogP contribution is 2.45. The molecule has 0 unspecified atom stereocenters. The molecule has 1 heterocycles. The molecule has 13 heteroatoms. The summed E-state index contributed by atoms with van der Waals surface area (Å²) >= 11 is 0. The van der Waals surface area contributed by atoms with Crippen LogP contribution in [-0.2, 0) is 52.0 Å². The van der Waals surface area contributed by atoms with Crippen LogP contribution in [0, 0.1) is 0 Å². The third-order valence-corrected chi connectivity index (χ3v) is 11.3. The molecule has 0 radical (unpaired) electrons. The van der Waals surface area contributed by atoms with E-state index in [0.717, 1.165) is 18.4 Å². The lowest BCUT2D eigenvalue weighted by atomic mass is 9.82. The first-order valence-corrected chi connectivity index (χ1v) is 21.9. The molecule has 1 saturated carbocycles. The molecule has 0 bridgehead atoms. The van der Waals surface area contributed by atoms with Crippen LogP contribution in [0.4, 0.5) is 0 Å². The fraction of sp³-hybridized carbons (Fsp3) is 0.241. The van der Waals surface area contributed by atoms with E-state index < -0.39 is 66.2 Å². The van der Waals surface area contributed by atoms with Crippen molar-refractivity contribution in [3.63, 3.8) is 0 Å². The van der Waals surface area contributed by atoms with Crippen molar-refractivity contribution < 1.29 is 62.2 Å². The van der Waals surface area contributed by atoms with Gasteiger partial charge in [0.05, 0.1) is 28.4 Å². The maximum absolute atomic E-state index is 14.4. The third kappa shape index (κ3) is 11.3. The topological polar surface area (TPSA) is 170 Å². The zero-order valence-corrected chi connectivity index (χ0v) is 36.7. The lowest BCUT2D eigenvalue weighted by molar-refractivity contribution is -0.360. The summed E-state index contributed by atoms with van der Waals surface area (Å²) in [6.45, 7) is 2.51. The number of carbonyl (C=O) groups excluding carboxylic acids is 5. The summed E-state index contributed by atoms with van der Waals surface area (Å²) in [6.07, 6.45) is -6.27. The highest BCUT2D eigenvalue weighted by Gasteiger charge is 2.62. The molecule has 1 N–H and O–H groups in total. The van der Waals surface area contributed by atoms with Gasteiger partial charge in [-0.25, -0.2) is 19.2 Å². The molecule has 6 aromatic carbocycles. The second kappa shape index (κ2) is 20.7. The number of hydrogen-bond donors (Lipinski definition) is 1. The third-order valence-electron chi connectivity index (χ3n) is 11.3. The van der Waals surface area contributed by atoms with Crippen molar-refractivity contribution >= 4 is 29.8 Å². The van der Waals surface area contributed by atoms with Crippen LogP contribution in [-0.4, -0.2) is 71.6 Å². The van der Waals surface area contributed by atoms with E-state index in [1.54, 1.807) is 97.1 Å². The number of carbonyl (C=O) groups is 5. The predicted octanol–water partition coefficient (Wildman–Crippen LogP) is 8.35. The fourth-order valence-corrected chi connectivity index (χ4v) is 7.75. The zero-order chi connectivity index (χ0) is 46.9.